The van der Waals surface area contributed by atoms with E-state index in [1.165, 1.54) is 5.56 Å². The van der Waals surface area contributed by atoms with Crippen molar-refractivity contribution in [2.75, 3.05) is 19.6 Å². The highest BCUT2D eigenvalue weighted by atomic mass is 35.5. The molecule has 1 heterocycles. The lowest BCUT2D eigenvalue weighted by Gasteiger charge is -2.36. The lowest BCUT2D eigenvalue weighted by Crippen LogP contribution is -2.52. The first-order valence-electron chi connectivity index (χ1n) is 6.88. The Labute approximate surface area is 124 Å². The number of morpholine rings is 1. The zero-order valence-corrected chi connectivity index (χ0v) is 12.6. The molecule has 1 aliphatic heterocycles. The molecule has 0 spiro atoms. The third-order valence-corrected chi connectivity index (χ3v) is 3.84. The molecule has 0 radical (unpaired) electrons. The molecule has 1 aromatic rings. The molecule has 20 heavy (non-hydrogen) atoms. The zero-order valence-electron chi connectivity index (χ0n) is 11.9. The number of ether oxygens (including phenoxy) is 1. The Kier molecular flexibility index (Phi) is 5.02. The van der Waals surface area contributed by atoms with Gasteiger partial charge in [0.15, 0.2) is 0 Å². The third-order valence-electron chi connectivity index (χ3n) is 3.60. The molecule has 3 atom stereocenters. The van der Waals surface area contributed by atoms with Gasteiger partial charge in [-0.3, -0.25) is 9.69 Å². The van der Waals surface area contributed by atoms with Gasteiger partial charge in [0.05, 0.1) is 6.10 Å². The average Bonchev–Trinajstić information content (AvgIpc) is 2.37. The van der Waals surface area contributed by atoms with Gasteiger partial charge in [-0.2, -0.15) is 0 Å². The summed E-state index contributed by atoms with van der Waals surface area (Å²) in [6.45, 7) is 6.36. The molecule has 4 nitrogen and oxygen atoms in total. The highest BCUT2D eigenvalue weighted by molar-refractivity contribution is 6.30. The number of carbonyl (C=O) groups excluding carboxylic acids is 1. The quantitative estimate of drug-likeness (QED) is 0.925. The molecule has 1 fully saturated rings. The largest absolute Gasteiger partial charge is 0.367 e. The molecule has 110 valence electrons. The molecule has 2 rings (SSSR count). The number of hydrogen-bond donors (Lipinski definition) is 1. The molecule has 0 aromatic heterocycles. The van der Waals surface area contributed by atoms with Crippen molar-refractivity contribution in [2.24, 2.45) is 5.73 Å². The van der Waals surface area contributed by atoms with Crippen molar-refractivity contribution in [1.82, 2.24) is 4.90 Å². The second kappa shape index (κ2) is 6.57. The second-order valence-corrected chi connectivity index (χ2v) is 5.95. The third kappa shape index (κ3) is 3.95. The van der Waals surface area contributed by atoms with Gasteiger partial charge in [0.25, 0.3) is 0 Å². The molecular weight excluding hydrogens is 276 g/mol. The summed E-state index contributed by atoms with van der Waals surface area (Å²) in [4.78, 5) is 13.5. The molecule has 1 saturated heterocycles. The SMILES string of the molecule is C[C@@H]1CN(C[C@H](C)c2cccc(Cl)c2)C[C@H](C(N)=O)O1. The van der Waals surface area contributed by atoms with Gasteiger partial charge in [-0.25, -0.2) is 0 Å². The second-order valence-electron chi connectivity index (χ2n) is 5.51. The molecule has 0 aliphatic carbocycles. The van der Waals surface area contributed by atoms with Crippen LogP contribution in [-0.4, -0.2) is 42.6 Å². The van der Waals surface area contributed by atoms with Gasteiger partial charge in [0, 0.05) is 24.7 Å². The van der Waals surface area contributed by atoms with Crippen LogP contribution in [0.4, 0.5) is 0 Å². The van der Waals surface area contributed by atoms with E-state index in [2.05, 4.69) is 17.9 Å². The van der Waals surface area contributed by atoms with E-state index in [-0.39, 0.29) is 6.10 Å². The van der Waals surface area contributed by atoms with Crippen molar-refractivity contribution in [3.05, 3.63) is 34.9 Å². The average molecular weight is 297 g/mol. The number of benzene rings is 1. The maximum atomic E-state index is 11.3. The Balaban J connectivity index is 1.99. The lowest BCUT2D eigenvalue weighted by atomic mass is 10.00. The number of halogens is 1. The van der Waals surface area contributed by atoms with Crippen molar-refractivity contribution >= 4 is 17.5 Å². The molecule has 0 bridgehead atoms. The fourth-order valence-electron chi connectivity index (χ4n) is 2.65. The van der Waals surface area contributed by atoms with E-state index in [1.54, 1.807) is 0 Å². The van der Waals surface area contributed by atoms with Crippen molar-refractivity contribution in [3.63, 3.8) is 0 Å². The fourth-order valence-corrected chi connectivity index (χ4v) is 2.85. The van der Waals surface area contributed by atoms with Crippen LogP contribution in [0.2, 0.25) is 5.02 Å². The number of rotatable bonds is 4. The smallest absolute Gasteiger partial charge is 0.247 e. The van der Waals surface area contributed by atoms with E-state index in [0.29, 0.717) is 12.5 Å². The summed E-state index contributed by atoms with van der Waals surface area (Å²) in [6.07, 6.45) is -0.488. The molecule has 5 heteroatoms. The molecule has 1 aliphatic rings. The highest BCUT2D eigenvalue weighted by Gasteiger charge is 2.29. The first-order chi connectivity index (χ1) is 9.45. The summed E-state index contributed by atoms with van der Waals surface area (Å²) in [5.41, 5.74) is 6.55. The number of nitrogens with zero attached hydrogens (tertiary/aromatic N) is 1. The van der Waals surface area contributed by atoms with E-state index >= 15 is 0 Å². The van der Waals surface area contributed by atoms with Crippen molar-refractivity contribution < 1.29 is 9.53 Å². The van der Waals surface area contributed by atoms with Crippen LogP contribution in [0.25, 0.3) is 0 Å². The van der Waals surface area contributed by atoms with Gasteiger partial charge >= 0.3 is 0 Å². The lowest BCUT2D eigenvalue weighted by molar-refractivity contribution is -0.142. The van der Waals surface area contributed by atoms with Crippen LogP contribution in [0.3, 0.4) is 0 Å². The minimum atomic E-state index is -0.509. The Morgan fingerprint density at radius 3 is 2.95 bits per heavy atom. The summed E-state index contributed by atoms with van der Waals surface area (Å²) in [5, 5.41) is 0.750. The van der Waals surface area contributed by atoms with Gasteiger partial charge in [-0.05, 0) is 30.5 Å². The van der Waals surface area contributed by atoms with Crippen molar-refractivity contribution in [2.45, 2.75) is 32.0 Å². The van der Waals surface area contributed by atoms with Crippen LogP contribution in [0.5, 0.6) is 0 Å². The Hall–Kier alpha value is -1.10. The first kappa shape index (κ1) is 15.3. The van der Waals surface area contributed by atoms with Crippen LogP contribution in [0, 0.1) is 0 Å². The van der Waals surface area contributed by atoms with E-state index in [0.717, 1.165) is 18.1 Å². The monoisotopic (exact) mass is 296 g/mol. The van der Waals surface area contributed by atoms with Crippen molar-refractivity contribution in [1.29, 1.82) is 0 Å². The van der Waals surface area contributed by atoms with E-state index in [4.69, 9.17) is 22.1 Å². The summed E-state index contributed by atoms with van der Waals surface area (Å²) in [6, 6.07) is 7.90. The molecule has 0 saturated carbocycles. The zero-order chi connectivity index (χ0) is 14.7. The Morgan fingerprint density at radius 2 is 2.30 bits per heavy atom. The standard InChI is InChI=1S/C15H21ClN2O2/c1-10(12-4-3-5-13(16)6-12)7-18-8-11(2)20-14(9-18)15(17)19/h3-6,10-11,14H,7-9H2,1-2H3,(H2,17,19)/t10-,11+,14+/m0/s1. The topological polar surface area (TPSA) is 55.6 Å². The molecule has 2 N–H and O–H groups in total. The molecular formula is C15H21ClN2O2. The number of hydrogen-bond acceptors (Lipinski definition) is 3. The number of nitrogens with two attached hydrogens (primary N) is 1. The van der Waals surface area contributed by atoms with Gasteiger partial charge in [-0.1, -0.05) is 30.7 Å². The van der Waals surface area contributed by atoms with Gasteiger partial charge < -0.3 is 10.5 Å². The summed E-state index contributed by atoms with van der Waals surface area (Å²) in [7, 11) is 0. The van der Waals surface area contributed by atoms with Gasteiger partial charge in [-0.15, -0.1) is 0 Å². The minimum absolute atomic E-state index is 0.0211. The normalized spacial score (nSPS) is 25.4. The summed E-state index contributed by atoms with van der Waals surface area (Å²) in [5.74, 6) is -0.0514. The predicted molar refractivity (Wildman–Crippen MR) is 79.8 cm³/mol. The molecule has 1 amide bonds. The summed E-state index contributed by atoms with van der Waals surface area (Å²) < 4.78 is 5.55. The maximum absolute atomic E-state index is 11.3. The maximum Gasteiger partial charge on any atom is 0.247 e. The minimum Gasteiger partial charge on any atom is -0.367 e. The van der Waals surface area contributed by atoms with Crippen LogP contribution in [0.15, 0.2) is 24.3 Å². The molecule has 0 unspecified atom stereocenters. The number of amides is 1. The van der Waals surface area contributed by atoms with Crippen LogP contribution >= 0.6 is 11.6 Å². The van der Waals surface area contributed by atoms with Crippen LogP contribution in [0.1, 0.15) is 25.3 Å². The Bertz CT molecular complexity index is 481. The Morgan fingerprint density at radius 1 is 1.55 bits per heavy atom. The first-order valence-corrected chi connectivity index (χ1v) is 7.26. The van der Waals surface area contributed by atoms with Crippen LogP contribution < -0.4 is 5.73 Å². The van der Waals surface area contributed by atoms with Crippen molar-refractivity contribution in [3.8, 4) is 0 Å². The van der Waals surface area contributed by atoms with E-state index in [1.807, 2.05) is 25.1 Å². The van der Waals surface area contributed by atoms with E-state index in [9.17, 15) is 4.79 Å². The number of carbonyl (C=O) groups is 1. The number of primary amides is 1. The van der Waals surface area contributed by atoms with E-state index < -0.39 is 12.0 Å². The van der Waals surface area contributed by atoms with Gasteiger partial charge in [0.2, 0.25) is 5.91 Å². The van der Waals surface area contributed by atoms with Gasteiger partial charge in [0.1, 0.15) is 6.10 Å². The molecule has 1 aromatic carbocycles. The van der Waals surface area contributed by atoms with Crippen LogP contribution in [-0.2, 0) is 9.53 Å². The predicted octanol–water partition coefficient (Wildman–Crippen LogP) is 2.02. The summed E-state index contributed by atoms with van der Waals surface area (Å²) >= 11 is 6.02. The highest BCUT2D eigenvalue weighted by Crippen LogP contribution is 2.22. The fraction of sp³-hybridized carbons (Fsp3) is 0.533.